The Morgan fingerprint density at radius 3 is 2.44 bits per heavy atom. The van der Waals surface area contributed by atoms with Gasteiger partial charge in [0.1, 0.15) is 5.69 Å². The van der Waals surface area contributed by atoms with Gasteiger partial charge in [0.25, 0.3) is 5.91 Å². The van der Waals surface area contributed by atoms with E-state index in [-0.39, 0.29) is 11.9 Å². The van der Waals surface area contributed by atoms with Crippen LogP contribution in [0, 0.1) is 0 Å². The van der Waals surface area contributed by atoms with Gasteiger partial charge < -0.3 is 20.9 Å². The van der Waals surface area contributed by atoms with Crippen molar-refractivity contribution in [2.24, 2.45) is 0 Å². The first-order chi connectivity index (χ1) is 12.2. The Labute approximate surface area is 144 Å². The predicted octanol–water partition coefficient (Wildman–Crippen LogP) is 2.98. The Morgan fingerprint density at radius 1 is 0.960 bits per heavy atom. The maximum absolute atomic E-state index is 12.0. The molecule has 0 aliphatic carbocycles. The Morgan fingerprint density at radius 2 is 1.72 bits per heavy atom. The van der Waals surface area contributed by atoms with E-state index < -0.39 is 0 Å². The third-order valence-electron chi connectivity index (χ3n) is 3.42. The van der Waals surface area contributed by atoms with Crippen LogP contribution in [0.25, 0.3) is 0 Å². The highest BCUT2D eigenvalue weighted by molar-refractivity contribution is 6.03. The van der Waals surface area contributed by atoms with Gasteiger partial charge in [0.05, 0.1) is 0 Å². The summed E-state index contributed by atoms with van der Waals surface area (Å²) in [4.78, 5) is 30.8. The molecule has 1 aromatic carbocycles. The predicted molar refractivity (Wildman–Crippen MR) is 95.3 cm³/mol. The number of carbonyl (C=O) groups excluding carboxylic acids is 2. The van der Waals surface area contributed by atoms with Crippen LogP contribution in [0.5, 0.6) is 0 Å². The highest BCUT2D eigenvalue weighted by Gasteiger charge is 2.07. The van der Waals surface area contributed by atoms with Crippen molar-refractivity contribution in [3.05, 3.63) is 78.4 Å². The smallest absolute Gasteiger partial charge is 0.319 e. The second-order valence-corrected chi connectivity index (χ2v) is 5.28. The van der Waals surface area contributed by atoms with Gasteiger partial charge in [-0.2, -0.15) is 0 Å². The first-order valence-electron chi connectivity index (χ1n) is 7.69. The second kappa shape index (κ2) is 7.78. The van der Waals surface area contributed by atoms with Gasteiger partial charge in [-0.3, -0.25) is 9.78 Å². The van der Waals surface area contributed by atoms with Crippen molar-refractivity contribution >= 4 is 23.3 Å². The number of H-pyrrole nitrogens is 1. The lowest BCUT2D eigenvalue weighted by molar-refractivity contribution is 0.102. The van der Waals surface area contributed by atoms with Gasteiger partial charge in [0.15, 0.2) is 0 Å². The SMILES string of the molecule is O=C(NCc1ccncc1)Nc1cccc(NC(=O)c2ccc[nH]2)c1. The largest absolute Gasteiger partial charge is 0.357 e. The van der Waals surface area contributed by atoms with Crippen LogP contribution in [-0.4, -0.2) is 21.9 Å². The number of nitrogens with one attached hydrogen (secondary N) is 4. The van der Waals surface area contributed by atoms with Gasteiger partial charge in [-0.15, -0.1) is 0 Å². The standard InChI is InChI=1S/C18H17N5O2/c24-17(16-5-2-8-20-16)22-14-3-1-4-15(11-14)23-18(25)21-12-13-6-9-19-10-7-13/h1-11,20H,12H2,(H,22,24)(H2,21,23,25). The summed E-state index contributed by atoms with van der Waals surface area (Å²) in [5.74, 6) is -0.246. The lowest BCUT2D eigenvalue weighted by Gasteiger charge is -2.10. The van der Waals surface area contributed by atoms with Gasteiger partial charge >= 0.3 is 6.03 Å². The molecule has 0 bridgehead atoms. The summed E-state index contributed by atoms with van der Waals surface area (Å²) in [5.41, 5.74) is 2.59. The lowest BCUT2D eigenvalue weighted by atomic mass is 10.2. The van der Waals surface area contributed by atoms with Gasteiger partial charge in [0, 0.05) is 36.5 Å². The molecule has 0 unspecified atom stereocenters. The van der Waals surface area contributed by atoms with Crippen molar-refractivity contribution in [3.8, 4) is 0 Å². The van der Waals surface area contributed by atoms with Crippen molar-refractivity contribution in [3.63, 3.8) is 0 Å². The average molecular weight is 335 g/mol. The third-order valence-corrected chi connectivity index (χ3v) is 3.42. The molecule has 7 heteroatoms. The summed E-state index contributed by atoms with van der Waals surface area (Å²) in [6, 6.07) is 13.7. The molecule has 3 rings (SSSR count). The van der Waals surface area contributed by atoms with E-state index in [1.807, 2.05) is 12.1 Å². The van der Waals surface area contributed by atoms with E-state index in [1.165, 1.54) is 0 Å². The number of hydrogen-bond acceptors (Lipinski definition) is 3. The summed E-state index contributed by atoms with van der Waals surface area (Å²) in [6.45, 7) is 0.400. The minimum Gasteiger partial charge on any atom is -0.357 e. The molecular weight excluding hydrogens is 318 g/mol. The molecule has 0 saturated heterocycles. The van der Waals surface area contributed by atoms with Crippen LogP contribution in [0.2, 0.25) is 0 Å². The minimum absolute atomic E-state index is 0.246. The maximum atomic E-state index is 12.0. The number of benzene rings is 1. The summed E-state index contributed by atoms with van der Waals surface area (Å²) in [7, 11) is 0. The zero-order chi connectivity index (χ0) is 17.5. The zero-order valence-electron chi connectivity index (χ0n) is 13.3. The number of carbonyl (C=O) groups is 2. The highest BCUT2D eigenvalue weighted by atomic mass is 16.2. The van der Waals surface area contributed by atoms with Crippen molar-refractivity contribution in [2.75, 3.05) is 10.6 Å². The summed E-state index contributed by atoms with van der Waals surface area (Å²) < 4.78 is 0. The number of aromatic amines is 1. The Bertz CT molecular complexity index is 847. The van der Waals surface area contributed by atoms with Crippen LogP contribution in [-0.2, 0) is 6.54 Å². The fourth-order valence-corrected chi connectivity index (χ4v) is 2.20. The molecule has 0 radical (unpaired) electrons. The fourth-order valence-electron chi connectivity index (χ4n) is 2.20. The number of aromatic nitrogens is 2. The molecular formula is C18H17N5O2. The monoisotopic (exact) mass is 335 g/mol. The minimum atomic E-state index is -0.329. The molecule has 0 aliphatic heterocycles. The number of anilines is 2. The number of urea groups is 1. The van der Waals surface area contributed by atoms with Gasteiger partial charge in [-0.1, -0.05) is 6.07 Å². The van der Waals surface area contributed by atoms with Crippen LogP contribution >= 0.6 is 0 Å². The summed E-state index contributed by atoms with van der Waals surface area (Å²) in [5, 5.41) is 8.26. The molecule has 0 spiro atoms. The second-order valence-electron chi connectivity index (χ2n) is 5.28. The molecule has 3 amide bonds. The van der Waals surface area contributed by atoms with Gasteiger partial charge in [0.2, 0.25) is 0 Å². The van der Waals surface area contributed by atoms with E-state index in [0.717, 1.165) is 5.56 Å². The molecule has 0 aliphatic rings. The number of amides is 3. The van der Waals surface area contributed by atoms with E-state index in [9.17, 15) is 9.59 Å². The van der Waals surface area contributed by atoms with E-state index in [1.54, 1.807) is 55.0 Å². The number of nitrogens with zero attached hydrogens (tertiary/aromatic N) is 1. The topological polar surface area (TPSA) is 98.9 Å². The number of pyridine rings is 1. The van der Waals surface area contributed by atoms with E-state index in [0.29, 0.717) is 23.6 Å². The van der Waals surface area contributed by atoms with Crippen LogP contribution in [0.3, 0.4) is 0 Å². The quantitative estimate of drug-likeness (QED) is 0.577. The normalized spacial score (nSPS) is 10.1. The molecule has 0 saturated carbocycles. The molecule has 2 aromatic heterocycles. The molecule has 3 aromatic rings. The Balaban J connectivity index is 1.56. The van der Waals surface area contributed by atoms with E-state index in [4.69, 9.17) is 0 Å². The molecule has 4 N–H and O–H groups in total. The number of rotatable bonds is 5. The lowest BCUT2D eigenvalue weighted by Crippen LogP contribution is -2.28. The zero-order valence-corrected chi connectivity index (χ0v) is 13.3. The van der Waals surface area contributed by atoms with E-state index >= 15 is 0 Å². The Kier molecular flexibility index (Phi) is 5.06. The van der Waals surface area contributed by atoms with Crippen LogP contribution in [0.1, 0.15) is 16.1 Å². The Hall–Kier alpha value is -3.61. The van der Waals surface area contributed by atoms with Crippen molar-refractivity contribution in [2.45, 2.75) is 6.54 Å². The van der Waals surface area contributed by atoms with Crippen molar-refractivity contribution < 1.29 is 9.59 Å². The maximum Gasteiger partial charge on any atom is 0.319 e. The molecule has 2 heterocycles. The molecule has 126 valence electrons. The van der Waals surface area contributed by atoms with Gasteiger partial charge in [-0.05, 0) is 48.0 Å². The van der Waals surface area contributed by atoms with Crippen LogP contribution in [0.4, 0.5) is 16.2 Å². The molecule has 25 heavy (non-hydrogen) atoms. The van der Waals surface area contributed by atoms with Crippen LogP contribution in [0.15, 0.2) is 67.1 Å². The van der Waals surface area contributed by atoms with Crippen molar-refractivity contribution in [1.29, 1.82) is 0 Å². The highest BCUT2D eigenvalue weighted by Crippen LogP contribution is 2.16. The molecule has 0 atom stereocenters. The first-order valence-corrected chi connectivity index (χ1v) is 7.69. The third kappa shape index (κ3) is 4.68. The molecule has 7 nitrogen and oxygen atoms in total. The summed E-state index contributed by atoms with van der Waals surface area (Å²) in [6.07, 6.45) is 5.02. The van der Waals surface area contributed by atoms with Crippen molar-refractivity contribution in [1.82, 2.24) is 15.3 Å². The fraction of sp³-hybridized carbons (Fsp3) is 0.0556. The van der Waals surface area contributed by atoms with E-state index in [2.05, 4.69) is 25.9 Å². The van der Waals surface area contributed by atoms with Crippen LogP contribution < -0.4 is 16.0 Å². The molecule has 0 fully saturated rings. The first kappa shape index (κ1) is 16.3. The number of hydrogen-bond donors (Lipinski definition) is 4. The van der Waals surface area contributed by atoms with Gasteiger partial charge in [-0.25, -0.2) is 4.79 Å². The summed E-state index contributed by atoms with van der Waals surface area (Å²) >= 11 is 0. The average Bonchev–Trinajstić information content (AvgIpc) is 3.16.